The summed E-state index contributed by atoms with van der Waals surface area (Å²) >= 11 is 0. The van der Waals surface area contributed by atoms with Gasteiger partial charge in [-0.2, -0.15) is 0 Å². The molecular weight excluding hydrogens is 330 g/mol. The minimum Gasteiger partial charge on any atom is -0.300 e. The molecule has 1 aromatic rings. The van der Waals surface area contributed by atoms with Crippen molar-refractivity contribution in [3.8, 4) is 0 Å². The molecule has 0 radical (unpaired) electrons. The molecule has 0 aromatic heterocycles. The van der Waals surface area contributed by atoms with Gasteiger partial charge >= 0.3 is 0 Å². The first kappa shape index (κ1) is 17.9. The van der Waals surface area contributed by atoms with Crippen LogP contribution in [0.25, 0.3) is 0 Å². The Morgan fingerprint density at radius 3 is 2.22 bits per heavy atom. The highest BCUT2D eigenvalue weighted by Gasteiger charge is 2.37. The van der Waals surface area contributed by atoms with Crippen molar-refractivity contribution in [2.45, 2.75) is 38.3 Å². The SMILES string of the molecule is C1=C[C@@H]2C[C@@H]1C[C@@H]2CN1CCN(C2CCN(Cc3ccccc3)CC2)CC1. The van der Waals surface area contributed by atoms with E-state index in [1.165, 1.54) is 77.1 Å². The molecule has 2 saturated heterocycles. The third kappa shape index (κ3) is 4.16. The zero-order valence-electron chi connectivity index (χ0n) is 16.7. The zero-order valence-corrected chi connectivity index (χ0v) is 16.7. The van der Waals surface area contributed by atoms with Crippen LogP contribution in [0.2, 0.25) is 0 Å². The van der Waals surface area contributed by atoms with Crippen LogP contribution >= 0.6 is 0 Å². The van der Waals surface area contributed by atoms with Gasteiger partial charge in [0.2, 0.25) is 0 Å². The Bertz CT molecular complexity index is 626. The van der Waals surface area contributed by atoms with Crippen LogP contribution < -0.4 is 0 Å². The molecule has 0 unspecified atom stereocenters. The van der Waals surface area contributed by atoms with E-state index in [2.05, 4.69) is 57.2 Å². The Hall–Kier alpha value is -1.16. The van der Waals surface area contributed by atoms with E-state index >= 15 is 0 Å². The first-order valence-electron chi connectivity index (χ1n) is 11.2. The number of allylic oxidation sites excluding steroid dienone is 2. The summed E-state index contributed by atoms with van der Waals surface area (Å²) in [6, 6.07) is 11.8. The molecule has 3 heteroatoms. The second-order valence-corrected chi connectivity index (χ2v) is 9.37. The monoisotopic (exact) mass is 365 g/mol. The molecule has 3 atom stereocenters. The van der Waals surface area contributed by atoms with Gasteiger partial charge in [0.05, 0.1) is 0 Å². The second kappa shape index (κ2) is 8.06. The number of nitrogens with zero attached hydrogens (tertiary/aromatic N) is 3. The Morgan fingerprint density at radius 2 is 1.56 bits per heavy atom. The Labute approximate surface area is 165 Å². The van der Waals surface area contributed by atoms with Crippen molar-refractivity contribution in [1.29, 1.82) is 0 Å². The fourth-order valence-electron chi connectivity index (χ4n) is 6.03. The van der Waals surface area contributed by atoms with Crippen molar-refractivity contribution in [2.24, 2.45) is 17.8 Å². The number of piperazine rings is 1. The second-order valence-electron chi connectivity index (χ2n) is 9.37. The van der Waals surface area contributed by atoms with E-state index in [9.17, 15) is 0 Å². The Morgan fingerprint density at radius 1 is 0.778 bits per heavy atom. The first-order valence-corrected chi connectivity index (χ1v) is 11.2. The molecule has 5 rings (SSSR count). The molecular formula is C24H35N3. The lowest BCUT2D eigenvalue weighted by atomic mass is 9.93. The van der Waals surface area contributed by atoms with Gasteiger partial charge < -0.3 is 4.90 Å². The van der Waals surface area contributed by atoms with Crippen LogP contribution in [0.4, 0.5) is 0 Å². The number of hydrogen-bond acceptors (Lipinski definition) is 3. The molecule has 2 aliphatic heterocycles. The van der Waals surface area contributed by atoms with Crippen molar-refractivity contribution < 1.29 is 0 Å². The number of fused-ring (bicyclic) bond motifs is 2. The van der Waals surface area contributed by atoms with Crippen LogP contribution in [0.3, 0.4) is 0 Å². The summed E-state index contributed by atoms with van der Waals surface area (Å²) in [6.07, 6.45) is 10.6. The summed E-state index contributed by atoms with van der Waals surface area (Å²) in [4.78, 5) is 8.21. The topological polar surface area (TPSA) is 9.72 Å². The third-order valence-electron chi connectivity index (χ3n) is 7.64. The number of benzene rings is 1. The highest BCUT2D eigenvalue weighted by atomic mass is 15.3. The predicted molar refractivity (Wildman–Crippen MR) is 112 cm³/mol. The van der Waals surface area contributed by atoms with Crippen molar-refractivity contribution in [2.75, 3.05) is 45.8 Å². The molecule has 4 aliphatic rings. The smallest absolute Gasteiger partial charge is 0.0233 e. The highest BCUT2D eigenvalue weighted by Crippen LogP contribution is 2.43. The van der Waals surface area contributed by atoms with E-state index in [0.29, 0.717) is 0 Å². The Balaban J connectivity index is 1.04. The van der Waals surface area contributed by atoms with E-state index in [4.69, 9.17) is 0 Å². The highest BCUT2D eigenvalue weighted by molar-refractivity contribution is 5.14. The maximum Gasteiger partial charge on any atom is 0.0233 e. The zero-order chi connectivity index (χ0) is 18.1. The summed E-state index contributed by atoms with van der Waals surface area (Å²) in [5.41, 5.74) is 1.46. The molecule has 2 heterocycles. The molecule has 0 spiro atoms. The molecule has 3 nitrogen and oxygen atoms in total. The summed E-state index contributed by atoms with van der Waals surface area (Å²) in [6.45, 7) is 10.2. The van der Waals surface area contributed by atoms with Crippen LogP contribution in [-0.4, -0.2) is 66.6 Å². The van der Waals surface area contributed by atoms with Crippen LogP contribution in [0.15, 0.2) is 42.5 Å². The molecule has 146 valence electrons. The Kier molecular flexibility index (Phi) is 5.35. The number of rotatable bonds is 5. The largest absolute Gasteiger partial charge is 0.300 e. The van der Waals surface area contributed by atoms with Crippen LogP contribution in [-0.2, 0) is 6.54 Å². The van der Waals surface area contributed by atoms with E-state index in [0.717, 1.165) is 30.3 Å². The van der Waals surface area contributed by atoms with Crippen molar-refractivity contribution in [3.63, 3.8) is 0 Å². The molecule has 0 amide bonds. The van der Waals surface area contributed by atoms with Crippen LogP contribution in [0.5, 0.6) is 0 Å². The maximum absolute atomic E-state index is 2.80. The van der Waals surface area contributed by atoms with Crippen LogP contribution in [0.1, 0.15) is 31.2 Å². The minimum absolute atomic E-state index is 0.824. The standard InChI is InChI=1S/C24H35N3/c1-2-4-20(5-3-1)18-25-10-8-24(9-11-25)27-14-12-26(13-15-27)19-23-17-21-6-7-22(23)16-21/h1-7,21-24H,8-19H2/t21-,22-,23-/m1/s1. The lowest BCUT2D eigenvalue weighted by Gasteiger charge is -2.43. The number of hydrogen-bond donors (Lipinski definition) is 0. The fourth-order valence-corrected chi connectivity index (χ4v) is 6.03. The van der Waals surface area contributed by atoms with Gasteiger partial charge in [-0.3, -0.25) is 9.80 Å². The molecule has 0 N–H and O–H groups in total. The molecule has 2 bridgehead atoms. The summed E-state index contributed by atoms with van der Waals surface area (Å²) in [7, 11) is 0. The summed E-state index contributed by atoms with van der Waals surface area (Å²) < 4.78 is 0. The van der Waals surface area contributed by atoms with Gasteiger partial charge in [0, 0.05) is 45.3 Å². The average Bonchev–Trinajstić information content (AvgIpc) is 3.33. The van der Waals surface area contributed by atoms with Crippen molar-refractivity contribution >= 4 is 0 Å². The molecule has 1 aromatic carbocycles. The maximum atomic E-state index is 2.80. The normalized spacial score (nSPS) is 33.1. The van der Waals surface area contributed by atoms with E-state index in [1.807, 2.05) is 0 Å². The van der Waals surface area contributed by atoms with E-state index in [-0.39, 0.29) is 0 Å². The van der Waals surface area contributed by atoms with Gasteiger partial charge in [-0.15, -0.1) is 0 Å². The van der Waals surface area contributed by atoms with Crippen LogP contribution in [0, 0.1) is 17.8 Å². The average molecular weight is 366 g/mol. The molecule has 3 fully saturated rings. The lowest BCUT2D eigenvalue weighted by Crippen LogP contribution is -2.53. The van der Waals surface area contributed by atoms with E-state index in [1.54, 1.807) is 0 Å². The molecule has 2 aliphatic carbocycles. The molecule has 27 heavy (non-hydrogen) atoms. The van der Waals surface area contributed by atoms with Gasteiger partial charge in [-0.1, -0.05) is 42.5 Å². The van der Waals surface area contributed by atoms with Gasteiger partial charge in [-0.25, -0.2) is 0 Å². The van der Waals surface area contributed by atoms with Crippen molar-refractivity contribution in [3.05, 3.63) is 48.0 Å². The first-order chi connectivity index (χ1) is 13.3. The van der Waals surface area contributed by atoms with Gasteiger partial charge in [0.1, 0.15) is 0 Å². The lowest BCUT2D eigenvalue weighted by molar-refractivity contribution is 0.0505. The van der Waals surface area contributed by atoms with E-state index < -0.39 is 0 Å². The van der Waals surface area contributed by atoms with Crippen molar-refractivity contribution in [1.82, 2.24) is 14.7 Å². The fraction of sp³-hybridized carbons (Fsp3) is 0.667. The number of piperidine rings is 1. The van der Waals surface area contributed by atoms with Gasteiger partial charge in [0.15, 0.2) is 0 Å². The van der Waals surface area contributed by atoms with Gasteiger partial charge in [0.25, 0.3) is 0 Å². The minimum atomic E-state index is 0.824. The third-order valence-corrected chi connectivity index (χ3v) is 7.64. The molecule has 1 saturated carbocycles. The quantitative estimate of drug-likeness (QED) is 0.740. The predicted octanol–water partition coefficient (Wildman–Crippen LogP) is 3.48. The van der Waals surface area contributed by atoms with Gasteiger partial charge in [-0.05, 0) is 62.1 Å². The summed E-state index contributed by atoms with van der Waals surface area (Å²) in [5, 5.41) is 0. The number of likely N-dealkylation sites (tertiary alicyclic amines) is 1. The summed E-state index contributed by atoms with van der Waals surface area (Å²) in [5.74, 6) is 2.78.